The Morgan fingerprint density at radius 3 is 1.22 bits per heavy atom. The molecule has 18 heteroatoms. The summed E-state index contributed by atoms with van der Waals surface area (Å²) >= 11 is 0. The fourth-order valence-corrected chi connectivity index (χ4v) is 5.12. The van der Waals surface area contributed by atoms with Crippen molar-refractivity contribution in [3.63, 3.8) is 0 Å². The number of nitrogens with zero attached hydrogens (tertiary/aromatic N) is 3. The van der Waals surface area contributed by atoms with Crippen LogP contribution in [0.25, 0.3) is 0 Å². The van der Waals surface area contributed by atoms with Gasteiger partial charge in [0.05, 0.1) is 25.0 Å². The number of furan rings is 1. The van der Waals surface area contributed by atoms with E-state index in [2.05, 4.69) is 29.1 Å². The van der Waals surface area contributed by atoms with Crippen LogP contribution in [0.1, 0.15) is 91.5 Å². The highest BCUT2D eigenvalue weighted by Gasteiger charge is 2.19. The van der Waals surface area contributed by atoms with E-state index in [9.17, 15) is 33.6 Å². The van der Waals surface area contributed by atoms with Crippen molar-refractivity contribution in [1.29, 1.82) is 0 Å². The van der Waals surface area contributed by atoms with Gasteiger partial charge >= 0.3 is 41.4 Å². The third-order valence-corrected chi connectivity index (χ3v) is 9.54. The van der Waals surface area contributed by atoms with Crippen molar-refractivity contribution in [1.82, 2.24) is 15.2 Å². The molecule has 6 aliphatic rings. The van der Waals surface area contributed by atoms with E-state index in [1.165, 1.54) is 41.7 Å². The lowest BCUT2D eigenvalue weighted by Crippen LogP contribution is -2.03. The van der Waals surface area contributed by atoms with E-state index in [1.54, 1.807) is 64.0 Å². The van der Waals surface area contributed by atoms with Crippen LogP contribution in [0.2, 0.25) is 0 Å². The number of aromatic nitrogens is 3. The molecule has 4 aromatic heterocycles. The standard InChI is InChI=1S/C6H7N.4C6H8O2.C6H6O2.C5H6N2.2C5H6O2.C5H6O/c1-6-3-2-4-7-5-6;2*1-4-3-6(7)8-5(4)2;2*1-4-3-5(2)8-6(4)7;1-5-2-3-6(7)8-4-5;1-5-2-3-6-7-4-5;1-4-2-5(6)7-3-4;1-4-2-3-7-5(4)6;1-5-2-3-6-4-5/h2-5H,1H3;4*3,5H,1-2H3;2-4H,1H3;2-4H,1H3;2*2H,3H2,1H3;2-4H,1H3/t;4*5-;;;;;/m.1010...../s1. The SMILES string of the molecule is CC1=CC(=O)OC1.CC1=CC(=O)O[C@@H]1C.CC1=CC(=O)O[C@H]1C.CC1=CCOC1=O.CC1=C[C@@H](C)OC1=O.CC1=C[C@H](C)OC1=O.Cc1ccc(=O)oc1.Cc1cccnc1.Cc1ccnnc1.Cc1ccoc1. The lowest BCUT2D eigenvalue weighted by molar-refractivity contribution is -0.139. The number of hydrogen-bond acceptors (Lipinski definition) is 18. The molecule has 0 amide bonds. The van der Waals surface area contributed by atoms with E-state index in [1.807, 2.05) is 119 Å². The number of esters is 6. The van der Waals surface area contributed by atoms with Crippen molar-refractivity contribution in [2.45, 2.75) is 121 Å². The molecule has 6 aliphatic heterocycles. The fraction of sp³-hybridized carbons (Fsp3) is 0.357. The topological polar surface area (TPSA) is 240 Å². The van der Waals surface area contributed by atoms with Gasteiger partial charge in [-0.2, -0.15) is 10.2 Å². The summed E-state index contributed by atoms with van der Waals surface area (Å²) in [7, 11) is 0. The van der Waals surface area contributed by atoms with Crippen LogP contribution in [-0.2, 0) is 57.2 Å². The summed E-state index contributed by atoms with van der Waals surface area (Å²) in [6.45, 7) is 27.1. The van der Waals surface area contributed by atoms with Crippen LogP contribution in [0.15, 0.2) is 163 Å². The van der Waals surface area contributed by atoms with Crippen molar-refractivity contribution in [3.8, 4) is 0 Å². The highest BCUT2D eigenvalue weighted by Crippen LogP contribution is 2.14. The minimum Gasteiger partial charge on any atom is -0.472 e. The Morgan fingerprint density at radius 2 is 1.05 bits per heavy atom. The molecule has 74 heavy (non-hydrogen) atoms. The molecule has 0 radical (unpaired) electrons. The number of ether oxygens (including phenoxy) is 6. The summed E-state index contributed by atoms with van der Waals surface area (Å²) < 4.78 is 37.3. The molecule has 0 saturated heterocycles. The smallest absolute Gasteiger partial charge is 0.335 e. The van der Waals surface area contributed by atoms with Crippen molar-refractivity contribution >= 4 is 35.8 Å². The zero-order chi connectivity index (χ0) is 55.8. The molecule has 4 atom stereocenters. The maximum atomic E-state index is 10.5. The molecular formula is C56H69N3O15. The molecule has 398 valence electrons. The van der Waals surface area contributed by atoms with Crippen molar-refractivity contribution in [2.24, 2.45) is 0 Å². The van der Waals surface area contributed by atoms with Crippen molar-refractivity contribution < 1.29 is 66.0 Å². The van der Waals surface area contributed by atoms with Crippen molar-refractivity contribution in [2.75, 3.05) is 13.2 Å². The monoisotopic (exact) mass is 1020 g/mol. The lowest BCUT2D eigenvalue weighted by Gasteiger charge is -2.00. The average Bonchev–Trinajstić information content (AvgIpc) is 4.24. The molecule has 0 aliphatic carbocycles. The third-order valence-electron chi connectivity index (χ3n) is 9.54. The Labute approximate surface area is 432 Å². The molecule has 0 saturated carbocycles. The third kappa shape index (κ3) is 29.8. The molecule has 0 spiro atoms. The fourth-order valence-electron chi connectivity index (χ4n) is 5.12. The highest BCUT2D eigenvalue weighted by molar-refractivity contribution is 5.91. The molecule has 18 nitrogen and oxygen atoms in total. The van der Waals surface area contributed by atoms with Gasteiger partial charge in [-0.1, -0.05) is 6.07 Å². The van der Waals surface area contributed by atoms with E-state index >= 15 is 0 Å². The minimum absolute atomic E-state index is 0.00231. The first kappa shape index (κ1) is 63.7. The van der Waals surface area contributed by atoms with Crippen LogP contribution in [-0.4, -0.2) is 88.6 Å². The summed E-state index contributed by atoms with van der Waals surface area (Å²) in [5, 5.41) is 7.23. The van der Waals surface area contributed by atoms with Gasteiger partial charge in [0.15, 0.2) is 0 Å². The van der Waals surface area contributed by atoms with Gasteiger partial charge in [0, 0.05) is 59.6 Å². The number of pyridine rings is 1. The molecule has 0 bridgehead atoms. The van der Waals surface area contributed by atoms with Crippen LogP contribution in [0.4, 0.5) is 0 Å². The number of rotatable bonds is 0. The largest absolute Gasteiger partial charge is 0.472 e. The molecule has 4 aromatic rings. The minimum atomic E-state index is -0.296. The van der Waals surface area contributed by atoms with Crippen molar-refractivity contribution in [3.05, 3.63) is 183 Å². The number of hydrogen-bond donors (Lipinski definition) is 0. The van der Waals surface area contributed by atoms with E-state index < -0.39 is 0 Å². The van der Waals surface area contributed by atoms with E-state index in [4.69, 9.17) is 23.4 Å². The Bertz CT molecular complexity index is 2530. The van der Waals surface area contributed by atoms with Gasteiger partial charge in [0.25, 0.3) is 0 Å². The van der Waals surface area contributed by atoms with Crippen LogP contribution in [0.3, 0.4) is 0 Å². The predicted molar refractivity (Wildman–Crippen MR) is 276 cm³/mol. The molecule has 0 aromatic carbocycles. The number of carbonyl (C=O) groups is 6. The Balaban J connectivity index is 0.000000412. The first-order chi connectivity index (χ1) is 34.9. The predicted octanol–water partition coefficient (Wildman–Crippen LogP) is 9.20. The first-order valence-corrected chi connectivity index (χ1v) is 23.2. The van der Waals surface area contributed by atoms with E-state index in [0.29, 0.717) is 13.2 Å². The first-order valence-electron chi connectivity index (χ1n) is 23.2. The number of aryl methyl sites for hydroxylation is 4. The quantitative estimate of drug-likeness (QED) is 0.118. The highest BCUT2D eigenvalue weighted by atomic mass is 16.6. The normalized spacial score (nSPS) is 18.8. The molecular weight excluding hydrogens is 955 g/mol. The summed E-state index contributed by atoms with van der Waals surface area (Å²) in [6, 6.07) is 10.9. The van der Waals surface area contributed by atoms with Gasteiger partial charge in [-0.15, -0.1) is 0 Å². The molecule has 0 unspecified atom stereocenters. The molecule has 0 N–H and O–H groups in total. The maximum Gasteiger partial charge on any atom is 0.335 e. The number of cyclic esters (lactones) is 6. The lowest BCUT2D eigenvalue weighted by atomic mass is 10.2. The van der Waals surface area contributed by atoms with Gasteiger partial charge in [-0.3, -0.25) is 4.98 Å². The summed E-state index contributed by atoms with van der Waals surface area (Å²) in [5.41, 5.74) is 9.39. The maximum absolute atomic E-state index is 10.5. The second-order valence-corrected chi connectivity index (χ2v) is 16.8. The Hall–Kier alpha value is -8.28. The zero-order valence-corrected chi connectivity index (χ0v) is 44.7. The summed E-state index contributed by atoms with van der Waals surface area (Å²) in [4.78, 5) is 76.3. The average molecular weight is 1020 g/mol. The van der Waals surface area contributed by atoms with Gasteiger partial charge < -0.3 is 37.3 Å². The van der Waals surface area contributed by atoms with E-state index in [0.717, 1.165) is 44.6 Å². The van der Waals surface area contributed by atoms with Gasteiger partial charge in [0.1, 0.15) is 37.6 Å². The van der Waals surface area contributed by atoms with Crippen LogP contribution in [0, 0.1) is 27.7 Å². The molecule has 10 rings (SSSR count). The molecule has 10 heterocycles. The Kier molecular flexibility index (Phi) is 30.1. The van der Waals surface area contributed by atoms with Gasteiger partial charge in [0.2, 0.25) is 0 Å². The Morgan fingerprint density at radius 1 is 0.500 bits per heavy atom. The van der Waals surface area contributed by atoms with Crippen LogP contribution in [0.5, 0.6) is 0 Å². The number of carbonyl (C=O) groups excluding carboxylic acids is 6. The van der Waals surface area contributed by atoms with E-state index in [-0.39, 0.29) is 65.9 Å². The summed E-state index contributed by atoms with van der Waals surface area (Å²) in [5.74, 6) is -1.18. The van der Waals surface area contributed by atoms with Crippen LogP contribution < -0.4 is 5.63 Å². The zero-order valence-electron chi connectivity index (χ0n) is 44.7. The molecule has 0 fully saturated rings. The summed E-state index contributed by atoms with van der Waals surface area (Å²) in [6.07, 6.45) is 21.7. The second-order valence-electron chi connectivity index (χ2n) is 16.8. The van der Waals surface area contributed by atoms with Gasteiger partial charge in [-0.25, -0.2) is 33.6 Å². The van der Waals surface area contributed by atoms with Crippen LogP contribution >= 0.6 is 0 Å². The second kappa shape index (κ2) is 34.9. The van der Waals surface area contributed by atoms with Gasteiger partial charge in [-0.05, 0) is 178 Å².